The molecule has 0 aromatic heterocycles. The molecule has 1 aliphatic heterocycles. The van der Waals surface area contributed by atoms with Crippen molar-refractivity contribution in [1.29, 1.82) is 0 Å². The molecule has 0 spiro atoms. The number of thioether (sulfide) groups is 1. The SMILES string of the molecule is CCN1C(=CC(C)=Nc2ccccc2)Sc2ccccc21. The van der Waals surface area contributed by atoms with Gasteiger partial charge in [0.25, 0.3) is 0 Å². The molecule has 0 bridgehead atoms. The van der Waals surface area contributed by atoms with Gasteiger partial charge in [-0.15, -0.1) is 0 Å². The summed E-state index contributed by atoms with van der Waals surface area (Å²) in [4.78, 5) is 8.31. The fraction of sp³-hybridized carbons (Fsp3) is 0.167. The molecule has 2 nitrogen and oxygen atoms in total. The van der Waals surface area contributed by atoms with Gasteiger partial charge >= 0.3 is 0 Å². The molecule has 0 saturated heterocycles. The summed E-state index contributed by atoms with van der Waals surface area (Å²) in [5.74, 6) is 0. The van der Waals surface area contributed by atoms with Crippen molar-refractivity contribution in [2.45, 2.75) is 18.7 Å². The molecule has 0 fully saturated rings. The topological polar surface area (TPSA) is 15.6 Å². The first kappa shape index (κ1) is 14.0. The van der Waals surface area contributed by atoms with Gasteiger partial charge in [-0.2, -0.15) is 0 Å². The second-order valence-electron chi connectivity index (χ2n) is 4.89. The van der Waals surface area contributed by atoms with Gasteiger partial charge in [-0.1, -0.05) is 42.1 Å². The normalized spacial score (nSPS) is 16.4. The van der Waals surface area contributed by atoms with Crippen molar-refractivity contribution in [2.24, 2.45) is 4.99 Å². The molecule has 21 heavy (non-hydrogen) atoms. The third-order valence-electron chi connectivity index (χ3n) is 3.35. The van der Waals surface area contributed by atoms with Crippen molar-refractivity contribution in [2.75, 3.05) is 11.4 Å². The summed E-state index contributed by atoms with van der Waals surface area (Å²) >= 11 is 1.81. The van der Waals surface area contributed by atoms with Gasteiger partial charge in [-0.05, 0) is 44.2 Å². The largest absolute Gasteiger partial charge is 0.335 e. The van der Waals surface area contributed by atoms with E-state index in [-0.39, 0.29) is 0 Å². The first-order valence-electron chi connectivity index (χ1n) is 7.14. The van der Waals surface area contributed by atoms with Crippen molar-refractivity contribution in [1.82, 2.24) is 0 Å². The van der Waals surface area contributed by atoms with E-state index in [1.165, 1.54) is 15.6 Å². The maximum Gasteiger partial charge on any atom is 0.0819 e. The molecule has 0 unspecified atom stereocenters. The molecule has 106 valence electrons. The number of nitrogens with zero attached hydrogens (tertiary/aromatic N) is 2. The molecule has 0 radical (unpaired) electrons. The summed E-state index contributed by atoms with van der Waals surface area (Å²) in [6, 6.07) is 18.6. The van der Waals surface area contributed by atoms with E-state index in [4.69, 9.17) is 0 Å². The Bertz CT molecular complexity index is 689. The monoisotopic (exact) mass is 294 g/mol. The van der Waals surface area contributed by atoms with E-state index in [2.05, 4.69) is 54.1 Å². The molecule has 0 N–H and O–H groups in total. The number of fused-ring (bicyclic) bond motifs is 1. The van der Waals surface area contributed by atoms with Crippen LogP contribution in [0.4, 0.5) is 11.4 Å². The first-order chi connectivity index (χ1) is 10.3. The Morgan fingerprint density at radius 1 is 1.10 bits per heavy atom. The highest BCUT2D eigenvalue weighted by atomic mass is 32.2. The Morgan fingerprint density at radius 3 is 2.57 bits per heavy atom. The van der Waals surface area contributed by atoms with Gasteiger partial charge in [0.2, 0.25) is 0 Å². The van der Waals surface area contributed by atoms with Crippen LogP contribution in [0.1, 0.15) is 13.8 Å². The molecule has 1 aliphatic rings. The van der Waals surface area contributed by atoms with Crippen LogP contribution < -0.4 is 4.90 Å². The third kappa shape index (κ3) is 3.03. The zero-order valence-electron chi connectivity index (χ0n) is 12.3. The molecule has 0 atom stereocenters. The van der Waals surface area contributed by atoms with Crippen LogP contribution >= 0.6 is 11.8 Å². The lowest BCUT2D eigenvalue weighted by Gasteiger charge is -2.17. The van der Waals surface area contributed by atoms with Gasteiger partial charge in [0, 0.05) is 17.2 Å². The highest BCUT2D eigenvalue weighted by Crippen LogP contribution is 2.45. The lowest BCUT2D eigenvalue weighted by Crippen LogP contribution is -2.17. The molecule has 3 heteroatoms. The van der Waals surface area contributed by atoms with E-state index in [1.54, 1.807) is 0 Å². The Kier molecular flexibility index (Phi) is 4.11. The fourth-order valence-electron chi connectivity index (χ4n) is 2.40. The van der Waals surface area contributed by atoms with Crippen molar-refractivity contribution in [3.8, 4) is 0 Å². The number of anilines is 1. The molecule has 3 rings (SSSR count). The number of benzene rings is 2. The predicted molar refractivity (Wildman–Crippen MR) is 92.6 cm³/mol. The van der Waals surface area contributed by atoms with Gasteiger partial charge in [-0.25, -0.2) is 0 Å². The number of aliphatic imine (C=N–C) groups is 1. The van der Waals surface area contributed by atoms with E-state index < -0.39 is 0 Å². The average Bonchev–Trinajstić information content (AvgIpc) is 2.85. The van der Waals surface area contributed by atoms with Gasteiger partial charge in [0.1, 0.15) is 0 Å². The van der Waals surface area contributed by atoms with Crippen LogP contribution in [0.25, 0.3) is 0 Å². The lowest BCUT2D eigenvalue weighted by molar-refractivity contribution is 1.00. The molecule has 2 aromatic carbocycles. The van der Waals surface area contributed by atoms with Crippen LogP contribution in [0.3, 0.4) is 0 Å². The second-order valence-corrected chi connectivity index (χ2v) is 5.95. The van der Waals surface area contributed by atoms with E-state index >= 15 is 0 Å². The molecule has 1 heterocycles. The number of hydrogen-bond acceptors (Lipinski definition) is 3. The standard InChI is InChI=1S/C18H18N2S/c1-3-20-16-11-7-8-12-17(16)21-18(20)13-14(2)19-15-9-5-4-6-10-15/h4-13H,3H2,1-2H3. The predicted octanol–water partition coefficient (Wildman–Crippen LogP) is 5.25. The van der Waals surface area contributed by atoms with Crippen LogP contribution in [0.2, 0.25) is 0 Å². The number of para-hydroxylation sites is 2. The maximum absolute atomic E-state index is 4.65. The van der Waals surface area contributed by atoms with E-state index in [0.29, 0.717) is 0 Å². The third-order valence-corrected chi connectivity index (χ3v) is 4.46. The lowest BCUT2D eigenvalue weighted by atomic mass is 10.3. The molecule has 2 aromatic rings. The Labute approximate surface area is 130 Å². The van der Waals surface area contributed by atoms with Gasteiger partial charge in [0.15, 0.2) is 0 Å². The van der Waals surface area contributed by atoms with Gasteiger partial charge in [0.05, 0.1) is 16.4 Å². The number of allylic oxidation sites excluding steroid dienone is 1. The average molecular weight is 294 g/mol. The van der Waals surface area contributed by atoms with Crippen LogP contribution in [-0.4, -0.2) is 12.3 Å². The minimum absolute atomic E-state index is 0.967. The maximum atomic E-state index is 4.65. The molecule has 0 aliphatic carbocycles. The number of hydrogen-bond donors (Lipinski definition) is 0. The number of rotatable bonds is 3. The van der Waals surface area contributed by atoms with Crippen molar-refractivity contribution in [3.05, 3.63) is 65.7 Å². The quantitative estimate of drug-likeness (QED) is 0.718. The zero-order valence-corrected chi connectivity index (χ0v) is 13.1. The second kappa shape index (κ2) is 6.19. The van der Waals surface area contributed by atoms with Crippen LogP contribution in [0, 0.1) is 0 Å². The van der Waals surface area contributed by atoms with Gasteiger partial charge < -0.3 is 4.90 Å². The van der Waals surface area contributed by atoms with E-state index in [1.807, 2.05) is 42.1 Å². The zero-order chi connectivity index (χ0) is 14.7. The van der Waals surface area contributed by atoms with E-state index in [0.717, 1.165) is 17.9 Å². The summed E-state index contributed by atoms with van der Waals surface area (Å²) in [6.45, 7) is 5.20. The highest BCUT2D eigenvalue weighted by molar-refractivity contribution is 8.03. The Balaban J connectivity index is 1.89. The van der Waals surface area contributed by atoms with Crippen molar-refractivity contribution in [3.63, 3.8) is 0 Å². The minimum atomic E-state index is 0.967. The molecule has 0 saturated carbocycles. The molecular formula is C18H18N2S. The van der Waals surface area contributed by atoms with Gasteiger partial charge in [-0.3, -0.25) is 4.99 Å². The van der Waals surface area contributed by atoms with Crippen molar-refractivity contribution >= 4 is 28.8 Å². The summed E-state index contributed by atoms with van der Waals surface area (Å²) in [5, 5.41) is 1.25. The summed E-state index contributed by atoms with van der Waals surface area (Å²) in [5.41, 5.74) is 3.31. The fourth-order valence-corrected chi connectivity index (χ4v) is 3.63. The van der Waals surface area contributed by atoms with Crippen LogP contribution in [-0.2, 0) is 0 Å². The highest BCUT2D eigenvalue weighted by Gasteiger charge is 2.23. The minimum Gasteiger partial charge on any atom is -0.335 e. The van der Waals surface area contributed by atoms with Crippen LogP contribution in [0.5, 0.6) is 0 Å². The molecule has 0 amide bonds. The molecular weight excluding hydrogens is 276 g/mol. The first-order valence-corrected chi connectivity index (χ1v) is 7.96. The summed E-state index contributed by atoms with van der Waals surface area (Å²) in [6.07, 6.45) is 2.17. The Hall–Kier alpha value is -2.00. The summed E-state index contributed by atoms with van der Waals surface area (Å²) < 4.78 is 0. The Morgan fingerprint density at radius 2 is 1.81 bits per heavy atom. The smallest absolute Gasteiger partial charge is 0.0819 e. The van der Waals surface area contributed by atoms with Crippen LogP contribution in [0.15, 0.2) is 75.6 Å². The van der Waals surface area contributed by atoms with E-state index in [9.17, 15) is 0 Å². The van der Waals surface area contributed by atoms with Crippen molar-refractivity contribution < 1.29 is 0 Å². The summed E-state index contributed by atoms with van der Waals surface area (Å²) in [7, 11) is 0.